The van der Waals surface area contributed by atoms with E-state index in [1.165, 1.54) is 12.8 Å². The first-order valence-corrected chi connectivity index (χ1v) is 17.3. The van der Waals surface area contributed by atoms with Gasteiger partial charge in [-0.2, -0.15) is 0 Å². The molecule has 4 saturated carbocycles. The van der Waals surface area contributed by atoms with Gasteiger partial charge in [0.2, 0.25) is 0 Å². The van der Waals surface area contributed by atoms with Crippen molar-refractivity contribution in [1.29, 1.82) is 0 Å². The molecule has 4 aliphatic rings. The molecular formula is C34H63N3O4. The number of aliphatic hydroxyl groups is 2. The summed E-state index contributed by atoms with van der Waals surface area (Å²) >= 11 is 0. The summed E-state index contributed by atoms with van der Waals surface area (Å²) in [6, 6.07) is 0.536. The fourth-order valence-corrected chi connectivity index (χ4v) is 10.4. The number of unbranched alkanes of at least 4 members (excludes halogenated alkanes) is 1. The molecule has 0 spiro atoms. The van der Waals surface area contributed by atoms with Gasteiger partial charge in [0.25, 0.3) is 0 Å². The lowest BCUT2D eigenvalue weighted by Gasteiger charge is -2.63. The number of aliphatic carboxylic acids is 1. The van der Waals surface area contributed by atoms with E-state index in [0.29, 0.717) is 41.5 Å². The maximum absolute atomic E-state index is 11.9. The monoisotopic (exact) mass is 577 g/mol. The normalized spacial score (nSPS) is 41.7. The number of hydrogen-bond acceptors (Lipinski definition) is 6. The van der Waals surface area contributed by atoms with E-state index in [9.17, 15) is 20.1 Å². The van der Waals surface area contributed by atoms with Crippen molar-refractivity contribution in [2.24, 2.45) is 58.0 Å². The Balaban J connectivity index is 1.33. The van der Waals surface area contributed by atoms with E-state index in [0.717, 1.165) is 96.8 Å². The van der Waals surface area contributed by atoms with E-state index in [4.69, 9.17) is 5.73 Å². The number of carbonyl (C=O) groups is 1. The van der Waals surface area contributed by atoms with Gasteiger partial charge in [0.15, 0.2) is 0 Å². The Morgan fingerprint density at radius 2 is 1.68 bits per heavy atom. The Morgan fingerprint density at radius 1 is 0.927 bits per heavy atom. The summed E-state index contributed by atoms with van der Waals surface area (Å²) in [5, 5.41) is 40.2. The van der Waals surface area contributed by atoms with Crippen molar-refractivity contribution in [3.05, 3.63) is 0 Å². The summed E-state index contributed by atoms with van der Waals surface area (Å²) in [5.74, 6) is 1.49. The van der Waals surface area contributed by atoms with E-state index < -0.39 is 5.97 Å². The molecule has 238 valence electrons. The van der Waals surface area contributed by atoms with Crippen molar-refractivity contribution >= 4 is 5.97 Å². The highest BCUT2D eigenvalue weighted by molar-refractivity contribution is 5.69. The second-order valence-corrected chi connectivity index (χ2v) is 15.3. The van der Waals surface area contributed by atoms with Crippen LogP contribution in [0.2, 0.25) is 0 Å². The number of nitrogens with two attached hydrogens (primary N) is 1. The zero-order valence-corrected chi connectivity index (χ0v) is 26.6. The van der Waals surface area contributed by atoms with Crippen molar-refractivity contribution in [1.82, 2.24) is 10.6 Å². The minimum Gasteiger partial charge on any atom is -0.481 e. The van der Waals surface area contributed by atoms with Crippen LogP contribution in [-0.2, 0) is 4.79 Å². The van der Waals surface area contributed by atoms with Gasteiger partial charge in [0.1, 0.15) is 0 Å². The minimum absolute atomic E-state index is 0.152. The van der Waals surface area contributed by atoms with Crippen molar-refractivity contribution < 1.29 is 20.1 Å². The zero-order valence-electron chi connectivity index (χ0n) is 26.6. The molecule has 7 nitrogen and oxygen atoms in total. The molecule has 7 heteroatoms. The van der Waals surface area contributed by atoms with Crippen LogP contribution in [0.1, 0.15) is 111 Å². The molecular weight excluding hydrogens is 514 g/mol. The van der Waals surface area contributed by atoms with Crippen molar-refractivity contribution in [2.75, 3.05) is 26.2 Å². The van der Waals surface area contributed by atoms with E-state index in [1.807, 2.05) is 0 Å². The Labute approximate surface area is 250 Å². The summed E-state index contributed by atoms with van der Waals surface area (Å²) in [5.41, 5.74) is 5.62. The fraction of sp³-hybridized carbons (Fsp3) is 0.971. The van der Waals surface area contributed by atoms with Crippen LogP contribution in [0.15, 0.2) is 0 Å². The van der Waals surface area contributed by atoms with Crippen molar-refractivity contribution in [2.45, 2.75) is 129 Å². The highest BCUT2D eigenvalue weighted by atomic mass is 16.4. The second-order valence-electron chi connectivity index (χ2n) is 15.3. The van der Waals surface area contributed by atoms with E-state index in [1.54, 1.807) is 6.92 Å². The van der Waals surface area contributed by atoms with Crippen LogP contribution < -0.4 is 16.4 Å². The Hall–Kier alpha value is -0.730. The molecule has 7 N–H and O–H groups in total. The molecule has 0 aromatic rings. The van der Waals surface area contributed by atoms with Crippen molar-refractivity contribution in [3.63, 3.8) is 0 Å². The molecule has 0 saturated heterocycles. The quantitative estimate of drug-likeness (QED) is 0.154. The van der Waals surface area contributed by atoms with Gasteiger partial charge in [-0.3, -0.25) is 4.79 Å². The van der Waals surface area contributed by atoms with Crippen LogP contribution in [-0.4, -0.2) is 65.7 Å². The highest BCUT2D eigenvalue weighted by Crippen LogP contribution is 2.68. The number of carboxylic acids is 1. The topological polar surface area (TPSA) is 128 Å². The average Bonchev–Trinajstić information content (AvgIpc) is 3.29. The highest BCUT2D eigenvalue weighted by Gasteiger charge is 2.65. The van der Waals surface area contributed by atoms with Gasteiger partial charge >= 0.3 is 5.97 Å². The first-order valence-electron chi connectivity index (χ1n) is 17.3. The molecule has 4 aliphatic carbocycles. The van der Waals surface area contributed by atoms with E-state index in [-0.39, 0.29) is 29.0 Å². The first kappa shape index (κ1) is 33.2. The maximum Gasteiger partial charge on any atom is 0.306 e. The molecule has 0 radical (unpaired) electrons. The molecule has 0 heterocycles. The molecule has 4 rings (SSSR count). The Morgan fingerprint density at radius 3 is 2.41 bits per heavy atom. The van der Waals surface area contributed by atoms with Crippen LogP contribution in [0.4, 0.5) is 0 Å². The third-order valence-corrected chi connectivity index (χ3v) is 13.0. The Bertz CT molecular complexity index is 843. The number of nitrogens with one attached hydrogen (secondary N) is 2. The molecule has 41 heavy (non-hydrogen) atoms. The molecule has 0 bridgehead atoms. The van der Waals surface area contributed by atoms with Crippen LogP contribution in [0, 0.1) is 52.3 Å². The zero-order chi connectivity index (χ0) is 29.8. The van der Waals surface area contributed by atoms with Crippen LogP contribution in [0.5, 0.6) is 0 Å². The second kappa shape index (κ2) is 14.4. The molecule has 4 fully saturated rings. The molecule has 8 unspecified atom stereocenters. The molecule has 0 amide bonds. The van der Waals surface area contributed by atoms with E-state index >= 15 is 0 Å². The number of fused-ring (bicyclic) bond motifs is 5. The summed E-state index contributed by atoms with van der Waals surface area (Å²) in [6.07, 6.45) is 13.0. The fourth-order valence-electron chi connectivity index (χ4n) is 10.4. The average molecular weight is 578 g/mol. The molecule has 12 atom stereocenters. The van der Waals surface area contributed by atoms with Crippen LogP contribution in [0.3, 0.4) is 0 Å². The molecule has 0 aromatic heterocycles. The summed E-state index contributed by atoms with van der Waals surface area (Å²) in [6.45, 7) is 12.9. The van der Waals surface area contributed by atoms with Gasteiger partial charge in [0.05, 0.1) is 18.1 Å². The predicted octanol–water partition coefficient (Wildman–Crippen LogP) is 4.79. The lowest BCUT2D eigenvalue weighted by atomic mass is 9.43. The van der Waals surface area contributed by atoms with E-state index in [2.05, 4.69) is 31.4 Å². The summed E-state index contributed by atoms with van der Waals surface area (Å²) in [7, 11) is 0. The van der Waals surface area contributed by atoms with Gasteiger partial charge in [0, 0.05) is 6.04 Å². The molecule has 0 aliphatic heterocycles. The van der Waals surface area contributed by atoms with Crippen LogP contribution in [0.25, 0.3) is 0 Å². The number of rotatable bonds is 15. The summed E-state index contributed by atoms with van der Waals surface area (Å²) in [4.78, 5) is 11.3. The van der Waals surface area contributed by atoms with Crippen LogP contribution >= 0.6 is 0 Å². The Kier molecular flexibility index (Phi) is 11.6. The third-order valence-electron chi connectivity index (χ3n) is 13.0. The summed E-state index contributed by atoms with van der Waals surface area (Å²) < 4.78 is 0. The minimum atomic E-state index is -0.704. The number of aliphatic hydroxyl groups excluding tert-OH is 2. The first-order chi connectivity index (χ1) is 19.5. The van der Waals surface area contributed by atoms with Gasteiger partial charge in [-0.1, -0.05) is 40.5 Å². The van der Waals surface area contributed by atoms with Gasteiger partial charge < -0.3 is 31.7 Å². The van der Waals surface area contributed by atoms with Gasteiger partial charge in [-0.15, -0.1) is 0 Å². The van der Waals surface area contributed by atoms with Gasteiger partial charge in [-0.25, -0.2) is 0 Å². The largest absolute Gasteiger partial charge is 0.481 e. The smallest absolute Gasteiger partial charge is 0.306 e. The van der Waals surface area contributed by atoms with Gasteiger partial charge in [-0.05, 0) is 143 Å². The lowest BCUT2D eigenvalue weighted by molar-refractivity contribution is -0.202. The molecule has 0 aromatic carbocycles. The third kappa shape index (κ3) is 7.00. The number of carboxylic acid groups (broad SMARTS) is 1. The number of hydrogen-bond donors (Lipinski definition) is 6. The lowest BCUT2D eigenvalue weighted by Crippen LogP contribution is -2.62. The van der Waals surface area contributed by atoms with Crippen molar-refractivity contribution in [3.8, 4) is 0 Å². The predicted molar refractivity (Wildman–Crippen MR) is 165 cm³/mol. The maximum atomic E-state index is 11.9. The SMILES string of the molecule is CC(CCC[C@@H](C)C1CCC2C3C(C[C@H](O)C21C)C1(C)CCC(NCCCNCCCCN)C[C@@H]1C[C@H]3O)C(=O)O. The standard InChI is InChI=1S/C34H63N3O4/c1-22(9-7-10-23(2)32(40)41)26-11-12-27-31-28(21-30(39)34(26,27)4)33(3)14-13-25(19-24(33)20-29(31)38)37-18-8-17-36-16-6-5-15-35/h22-31,36-39H,5-21,35H2,1-4H3,(H,40,41)/t22-,23?,24-,25?,26?,27?,28?,29-,30+,31?,33?,34?/m1/s1.